The first-order valence-electron chi connectivity index (χ1n) is 5.48. The smallest absolute Gasteiger partial charge is 0.163 e. The molecule has 0 saturated carbocycles. The zero-order chi connectivity index (χ0) is 11.1. The lowest BCUT2D eigenvalue weighted by atomic mass is 9.88. The van der Waals surface area contributed by atoms with Gasteiger partial charge in [-0.2, -0.15) is 0 Å². The van der Waals surface area contributed by atoms with Crippen LogP contribution < -0.4 is 0 Å². The molecule has 0 amide bonds. The summed E-state index contributed by atoms with van der Waals surface area (Å²) in [6, 6.07) is 12.5. The molecule has 2 aromatic rings. The lowest BCUT2D eigenvalue weighted by Gasteiger charge is -2.15. The Morgan fingerprint density at radius 2 is 1.88 bits per heavy atom. The number of Topliss-reactive ketones (excluding diaryl/α,β-unsaturated/α-hetero) is 1. The molecule has 0 aromatic heterocycles. The molecule has 0 spiro atoms. The summed E-state index contributed by atoms with van der Waals surface area (Å²) in [5, 5.41) is 2.42. The van der Waals surface area contributed by atoms with Crippen LogP contribution in [0.2, 0.25) is 0 Å². The van der Waals surface area contributed by atoms with Crippen molar-refractivity contribution in [2.45, 2.75) is 13.3 Å². The third-order valence-corrected chi connectivity index (χ3v) is 3.23. The van der Waals surface area contributed by atoms with Crippen molar-refractivity contribution in [3.8, 4) is 0 Å². The summed E-state index contributed by atoms with van der Waals surface area (Å²) in [7, 11) is 0. The first-order chi connectivity index (χ1) is 7.75. The zero-order valence-corrected chi connectivity index (χ0v) is 9.16. The summed E-state index contributed by atoms with van der Waals surface area (Å²) >= 11 is 0. The van der Waals surface area contributed by atoms with Crippen molar-refractivity contribution < 1.29 is 4.79 Å². The van der Waals surface area contributed by atoms with Crippen LogP contribution in [0.4, 0.5) is 0 Å². The van der Waals surface area contributed by atoms with E-state index in [1.54, 1.807) is 0 Å². The minimum Gasteiger partial charge on any atom is -0.294 e. The SMILES string of the molecule is CC1=Cc2ccc3ccccc3c2CC1=O. The van der Waals surface area contributed by atoms with E-state index < -0.39 is 0 Å². The van der Waals surface area contributed by atoms with Gasteiger partial charge in [-0.1, -0.05) is 36.4 Å². The molecule has 1 aliphatic carbocycles. The lowest BCUT2D eigenvalue weighted by molar-refractivity contribution is -0.114. The van der Waals surface area contributed by atoms with Crippen LogP contribution in [0.15, 0.2) is 42.0 Å². The number of carbonyl (C=O) groups is 1. The number of hydrogen-bond acceptors (Lipinski definition) is 1. The van der Waals surface area contributed by atoms with Crippen molar-refractivity contribution in [3.63, 3.8) is 0 Å². The van der Waals surface area contributed by atoms with E-state index in [9.17, 15) is 4.79 Å². The summed E-state index contributed by atoms with van der Waals surface area (Å²) in [5.41, 5.74) is 3.23. The molecule has 1 nitrogen and oxygen atoms in total. The summed E-state index contributed by atoms with van der Waals surface area (Å²) < 4.78 is 0. The second-order valence-corrected chi connectivity index (χ2v) is 4.28. The Labute approximate surface area is 94.4 Å². The van der Waals surface area contributed by atoms with Crippen LogP contribution in [-0.2, 0) is 11.2 Å². The predicted molar refractivity (Wildman–Crippen MR) is 66.3 cm³/mol. The molecule has 0 unspecified atom stereocenters. The number of ketones is 1. The topological polar surface area (TPSA) is 17.1 Å². The Bertz CT molecular complexity index is 620. The second kappa shape index (κ2) is 3.31. The van der Waals surface area contributed by atoms with Crippen molar-refractivity contribution >= 4 is 22.6 Å². The third-order valence-electron chi connectivity index (χ3n) is 3.23. The van der Waals surface area contributed by atoms with Gasteiger partial charge in [-0.15, -0.1) is 0 Å². The summed E-state index contributed by atoms with van der Waals surface area (Å²) in [6.45, 7) is 1.89. The Morgan fingerprint density at radius 1 is 1.06 bits per heavy atom. The first kappa shape index (κ1) is 9.34. The normalized spacial score (nSPS) is 14.8. The molecule has 1 heteroatoms. The van der Waals surface area contributed by atoms with E-state index in [4.69, 9.17) is 0 Å². The summed E-state index contributed by atoms with van der Waals surface area (Å²) in [5.74, 6) is 0.240. The molecule has 0 heterocycles. The van der Waals surface area contributed by atoms with Crippen molar-refractivity contribution in [3.05, 3.63) is 53.1 Å². The van der Waals surface area contributed by atoms with Gasteiger partial charge in [0.2, 0.25) is 0 Å². The van der Waals surface area contributed by atoms with Crippen LogP contribution >= 0.6 is 0 Å². The van der Waals surface area contributed by atoms with Gasteiger partial charge in [-0.3, -0.25) is 4.79 Å². The van der Waals surface area contributed by atoms with Crippen molar-refractivity contribution in [1.29, 1.82) is 0 Å². The maximum Gasteiger partial charge on any atom is 0.163 e. The standard InChI is InChI=1S/C15H12O/c1-10-8-12-7-6-11-4-2-3-5-13(11)14(12)9-15(10)16/h2-8H,9H2,1H3. The highest BCUT2D eigenvalue weighted by Crippen LogP contribution is 2.28. The average molecular weight is 208 g/mol. The molecular formula is C15H12O. The van der Waals surface area contributed by atoms with Gasteiger partial charge in [0.15, 0.2) is 5.78 Å². The maximum atomic E-state index is 11.7. The molecule has 0 bridgehead atoms. The highest BCUT2D eigenvalue weighted by Gasteiger charge is 2.16. The average Bonchev–Trinajstić information content (AvgIpc) is 2.31. The fraction of sp³-hybridized carbons (Fsp3) is 0.133. The monoisotopic (exact) mass is 208 g/mol. The van der Waals surface area contributed by atoms with Crippen LogP contribution in [0.1, 0.15) is 18.1 Å². The molecule has 0 N–H and O–H groups in total. The van der Waals surface area contributed by atoms with E-state index in [-0.39, 0.29) is 5.78 Å². The Morgan fingerprint density at radius 3 is 2.75 bits per heavy atom. The van der Waals surface area contributed by atoms with Crippen LogP contribution in [0.5, 0.6) is 0 Å². The van der Waals surface area contributed by atoms with Gasteiger partial charge < -0.3 is 0 Å². The Balaban J connectivity index is 2.37. The Kier molecular flexibility index (Phi) is 1.93. The van der Waals surface area contributed by atoms with E-state index in [1.165, 1.54) is 21.9 Å². The van der Waals surface area contributed by atoms with E-state index >= 15 is 0 Å². The fourth-order valence-electron chi connectivity index (χ4n) is 2.30. The molecule has 1 aliphatic rings. The fourth-order valence-corrected chi connectivity index (χ4v) is 2.30. The van der Waals surface area contributed by atoms with Gasteiger partial charge in [-0.05, 0) is 40.5 Å². The van der Waals surface area contributed by atoms with E-state index in [1.807, 2.05) is 25.1 Å². The molecule has 0 saturated heterocycles. The number of carbonyl (C=O) groups excluding carboxylic acids is 1. The predicted octanol–water partition coefficient (Wildman–Crippen LogP) is 3.37. The van der Waals surface area contributed by atoms with E-state index in [0.717, 1.165) is 5.57 Å². The maximum absolute atomic E-state index is 11.7. The number of hydrogen-bond donors (Lipinski definition) is 0. The second-order valence-electron chi connectivity index (χ2n) is 4.28. The molecule has 2 aromatic carbocycles. The first-order valence-corrected chi connectivity index (χ1v) is 5.48. The number of allylic oxidation sites excluding steroid dienone is 1. The minimum absolute atomic E-state index is 0.240. The van der Waals surface area contributed by atoms with Gasteiger partial charge in [0.05, 0.1) is 0 Å². The largest absolute Gasteiger partial charge is 0.294 e. The number of rotatable bonds is 0. The van der Waals surface area contributed by atoms with Gasteiger partial charge in [0.25, 0.3) is 0 Å². The molecule has 0 radical (unpaired) electrons. The van der Waals surface area contributed by atoms with Gasteiger partial charge >= 0.3 is 0 Å². The van der Waals surface area contributed by atoms with Gasteiger partial charge in [0.1, 0.15) is 0 Å². The van der Waals surface area contributed by atoms with Crippen LogP contribution in [0, 0.1) is 0 Å². The van der Waals surface area contributed by atoms with E-state index in [2.05, 4.69) is 24.3 Å². The highest BCUT2D eigenvalue weighted by atomic mass is 16.1. The minimum atomic E-state index is 0.240. The van der Waals surface area contributed by atoms with Crippen molar-refractivity contribution in [1.82, 2.24) is 0 Å². The third kappa shape index (κ3) is 1.28. The van der Waals surface area contributed by atoms with Crippen molar-refractivity contribution in [2.24, 2.45) is 0 Å². The number of benzene rings is 2. The summed E-state index contributed by atoms with van der Waals surface area (Å²) in [4.78, 5) is 11.7. The molecular weight excluding hydrogens is 196 g/mol. The molecule has 0 fully saturated rings. The molecule has 3 rings (SSSR count). The summed E-state index contributed by atoms with van der Waals surface area (Å²) in [6.07, 6.45) is 2.53. The molecule has 78 valence electrons. The highest BCUT2D eigenvalue weighted by molar-refractivity contribution is 6.06. The quantitative estimate of drug-likeness (QED) is 0.648. The van der Waals surface area contributed by atoms with Crippen LogP contribution in [0.3, 0.4) is 0 Å². The van der Waals surface area contributed by atoms with E-state index in [0.29, 0.717) is 6.42 Å². The molecule has 0 aliphatic heterocycles. The lowest BCUT2D eigenvalue weighted by Crippen LogP contribution is -2.10. The van der Waals surface area contributed by atoms with Crippen LogP contribution in [0.25, 0.3) is 16.8 Å². The van der Waals surface area contributed by atoms with Gasteiger partial charge in [0, 0.05) is 6.42 Å². The van der Waals surface area contributed by atoms with Crippen molar-refractivity contribution in [2.75, 3.05) is 0 Å². The zero-order valence-electron chi connectivity index (χ0n) is 9.16. The molecule has 0 atom stereocenters. The van der Waals surface area contributed by atoms with Gasteiger partial charge in [-0.25, -0.2) is 0 Å². The number of fused-ring (bicyclic) bond motifs is 3. The Hall–Kier alpha value is -1.89. The van der Waals surface area contributed by atoms with Crippen LogP contribution in [-0.4, -0.2) is 5.78 Å². The molecule has 16 heavy (non-hydrogen) atoms.